The molecule has 0 aromatic heterocycles. The Labute approximate surface area is 95.9 Å². The lowest BCUT2D eigenvalue weighted by atomic mass is 10.2. The van der Waals surface area contributed by atoms with Crippen LogP contribution >= 0.6 is 0 Å². The highest BCUT2D eigenvalue weighted by atomic mass is 16.3. The molecule has 0 saturated carbocycles. The Bertz CT molecular complexity index is 323. The van der Waals surface area contributed by atoms with Crippen LogP contribution in [0, 0.1) is 0 Å². The molecule has 1 rings (SSSR count). The number of benzene rings is 1. The smallest absolute Gasteiger partial charge is 0.319 e. The lowest BCUT2D eigenvalue weighted by Crippen LogP contribution is -2.41. The summed E-state index contributed by atoms with van der Waals surface area (Å²) in [7, 11) is 0. The van der Waals surface area contributed by atoms with Crippen LogP contribution in [0.1, 0.15) is 25.6 Å². The first-order chi connectivity index (χ1) is 7.69. The van der Waals surface area contributed by atoms with E-state index in [0.717, 1.165) is 0 Å². The van der Waals surface area contributed by atoms with Gasteiger partial charge >= 0.3 is 6.03 Å². The molecular weight excluding hydrogens is 204 g/mol. The zero-order valence-corrected chi connectivity index (χ0v) is 9.68. The van der Waals surface area contributed by atoms with E-state index in [-0.39, 0.29) is 6.03 Å². The second-order valence-corrected chi connectivity index (χ2v) is 3.44. The number of amides is 2. The Morgan fingerprint density at radius 1 is 1.31 bits per heavy atom. The molecule has 1 atom stereocenters. The van der Waals surface area contributed by atoms with E-state index in [1.165, 1.54) is 0 Å². The van der Waals surface area contributed by atoms with Crippen molar-refractivity contribution in [2.45, 2.75) is 20.1 Å². The second-order valence-electron chi connectivity index (χ2n) is 3.44. The minimum absolute atomic E-state index is 0.249. The van der Waals surface area contributed by atoms with Crippen LogP contribution < -0.4 is 5.32 Å². The van der Waals surface area contributed by atoms with Gasteiger partial charge in [-0.1, -0.05) is 30.3 Å². The normalized spacial score (nSPS) is 11.9. The standard InChI is InChI=1S/C12H18N2O2/c1-3-14(4-2)12(16)13-11(15)10-8-6-5-7-9-10/h5-9,11,15H,3-4H2,1-2H3,(H,13,16). The number of aliphatic hydroxyl groups is 1. The van der Waals surface area contributed by atoms with Crippen molar-refractivity contribution < 1.29 is 9.90 Å². The Balaban J connectivity index is 2.58. The summed E-state index contributed by atoms with van der Waals surface area (Å²) in [5, 5.41) is 12.3. The van der Waals surface area contributed by atoms with E-state index in [1.54, 1.807) is 17.0 Å². The van der Waals surface area contributed by atoms with Gasteiger partial charge in [-0.15, -0.1) is 0 Å². The number of nitrogens with one attached hydrogen (secondary N) is 1. The predicted octanol–water partition coefficient (Wildman–Crippen LogP) is 1.73. The van der Waals surface area contributed by atoms with E-state index in [4.69, 9.17) is 0 Å². The molecule has 0 radical (unpaired) electrons. The van der Waals surface area contributed by atoms with E-state index in [2.05, 4.69) is 5.32 Å². The van der Waals surface area contributed by atoms with Gasteiger partial charge in [0.2, 0.25) is 0 Å². The molecular formula is C12H18N2O2. The van der Waals surface area contributed by atoms with Crippen molar-refractivity contribution in [3.05, 3.63) is 35.9 Å². The molecule has 1 aromatic rings. The minimum atomic E-state index is -0.950. The number of aliphatic hydroxyl groups excluding tert-OH is 1. The number of rotatable bonds is 4. The maximum Gasteiger partial charge on any atom is 0.319 e. The maximum atomic E-state index is 11.6. The number of nitrogens with zero attached hydrogens (tertiary/aromatic N) is 1. The molecule has 16 heavy (non-hydrogen) atoms. The van der Waals surface area contributed by atoms with Gasteiger partial charge in [-0.2, -0.15) is 0 Å². The third kappa shape index (κ3) is 3.24. The van der Waals surface area contributed by atoms with Crippen molar-refractivity contribution in [1.29, 1.82) is 0 Å². The van der Waals surface area contributed by atoms with E-state index in [0.29, 0.717) is 18.7 Å². The van der Waals surface area contributed by atoms with Gasteiger partial charge < -0.3 is 15.3 Å². The van der Waals surface area contributed by atoms with Gasteiger partial charge in [-0.3, -0.25) is 0 Å². The maximum absolute atomic E-state index is 11.6. The lowest BCUT2D eigenvalue weighted by Gasteiger charge is -2.22. The number of urea groups is 1. The Morgan fingerprint density at radius 2 is 1.88 bits per heavy atom. The molecule has 2 amide bonds. The molecule has 1 unspecified atom stereocenters. The quantitative estimate of drug-likeness (QED) is 0.762. The van der Waals surface area contributed by atoms with Crippen LogP contribution in [0.4, 0.5) is 4.79 Å². The fourth-order valence-corrected chi connectivity index (χ4v) is 1.44. The van der Waals surface area contributed by atoms with E-state index < -0.39 is 6.23 Å². The minimum Gasteiger partial charge on any atom is -0.369 e. The van der Waals surface area contributed by atoms with Crippen LogP contribution in [-0.2, 0) is 0 Å². The average molecular weight is 222 g/mol. The van der Waals surface area contributed by atoms with Crippen molar-refractivity contribution in [1.82, 2.24) is 10.2 Å². The molecule has 88 valence electrons. The van der Waals surface area contributed by atoms with Crippen molar-refractivity contribution in [3.8, 4) is 0 Å². The van der Waals surface area contributed by atoms with Crippen LogP contribution in [-0.4, -0.2) is 29.1 Å². The van der Waals surface area contributed by atoms with E-state index in [9.17, 15) is 9.90 Å². The van der Waals surface area contributed by atoms with Crippen molar-refractivity contribution >= 4 is 6.03 Å². The largest absolute Gasteiger partial charge is 0.369 e. The molecule has 0 aliphatic carbocycles. The zero-order chi connectivity index (χ0) is 12.0. The highest BCUT2D eigenvalue weighted by molar-refractivity contribution is 5.74. The molecule has 0 aliphatic rings. The number of carbonyl (C=O) groups is 1. The highest BCUT2D eigenvalue weighted by Crippen LogP contribution is 2.08. The van der Waals surface area contributed by atoms with Crippen molar-refractivity contribution in [3.63, 3.8) is 0 Å². The molecule has 4 nitrogen and oxygen atoms in total. The average Bonchev–Trinajstić information content (AvgIpc) is 2.31. The Morgan fingerprint density at radius 3 is 2.38 bits per heavy atom. The molecule has 0 fully saturated rings. The molecule has 2 N–H and O–H groups in total. The van der Waals surface area contributed by atoms with E-state index in [1.807, 2.05) is 32.0 Å². The van der Waals surface area contributed by atoms with E-state index >= 15 is 0 Å². The monoisotopic (exact) mass is 222 g/mol. The fraction of sp³-hybridized carbons (Fsp3) is 0.417. The van der Waals surface area contributed by atoms with Crippen LogP contribution in [0.3, 0.4) is 0 Å². The SMILES string of the molecule is CCN(CC)C(=O)NC(O)c1ccccc1. The molecule has 0 saturated heterocycles. The molecule has 4 heteroatoms. The Kier molecular flexibility index (Phi) is 4.79. The number of hydrogen-bond acceptors (Lipinski definition) is 2. The summed E-state index contributed by atoms with van der Waals surface area (Å²) in [6.45, 7) is 5.06. The first-order valence-corrected chi connectivity index (χ1v) is 5.47. The summed E-state index contributed by atoms with van der Waals surface area (Å²) in [4.78, 5) is 13.3. The van der Waals surface area contributed by atoms with Gasteiger partial charge in [0.05, 0.1) is 0 Å². The molecule has 0 spiro atoms. The van der Waals surface area contributed by atoms with Gasteiger partial charge in [0.25, 0.3) is 0 Å². The topological polar surface area (TPSA) is 52.6 Å². The van der Waals surface area contributed by atoms with Gasteiger partial charge in [0.1, 0.15) is 0 Å². The lowest BCUT2D eigenvalue weighted by molar-refractivity contribution is 0.128. The molecule has 0 bridgehead atoms. The number of hydrogen-bond donors (Lipinski definition) is 2. The second kappa shape index (κ2) is 6.12. The molecule has 0 aliphatic heterocycles. The van der Waals surface area contributed by atoms with Gasteiger partial charge in [-0.25, -0.2) is 4.79 Å². The molecule has 0 heterocycles. The van der Waals surface area contributed by atoms with Gasteiger partial charge in [0, 0.05) is 18.7 Å². The highest BCUT2D eigenvalue weighted by Gasteiger charge is 2.14. The summed E-state index contributed by atoms with van der Waals surface area (Å²) in [6, 6.07) is 8.80. The summed E-state index contributed by atoms with van der Waals surface area (Å²) < 4.78 is 0. The third-order valence-electron chi connectivity index (χ3n) is 2.43. The first-order valence-electron chi connectivity index (χ1n) is 5.47. The summed E-state index contributed by atoms with van der Waals surface area (Å²) in [6.07, 6.45) is -0.950. The summed E-state index contributed by atoms with van der Waals surface area (Å²) in [5.41, 5.74) is 0.683. The zero-order valence-electron chi connectivity index (χ0n) is 9.68. The van der Waals surface area contributed by atoms with Gasteiger partial charge in [0.15, 0.2) is 6.23 Å². The third-order valence-corrected chi connectivity index (χ3v) is 2.43. The van der Waals surface area contributed by atoms with Crippen molar-refractivity contribution in [2.24, 2.45) is 0 Å². The fourth-order valence-electron chi connectivity index (χ4n) is 1.44. The van der Waals surface area contributed by atoms with Crippen LogP contribution in [0.5, 0.6) is 0 Å². The predicted molar refractivity (Wildman–Crippen MR) is 62.9 cm³/mol. The van der Waals surface area contributed by atoms with Crippen LogP contribution in [0.25, 0.3) is 0 Å². The summed E-state index contributed by atoms with van der Waals surface area (Å²) in [5.74, 6) is 0. The summed E-state index contributed by atoms with van der Waals surface area (Å²) >= 11 is 0. The van der Waals surface area contributed by atoms with Crippen LogP contribution in [0.15, 0.2) is 30.3 Å². The first kappa shape index (κ1) is 12.5. The number of carbonyl (C=O) groups excluding carboxylic acids is 1. The van der Waals surface area contributed by atoms with Crippen LogP contribution in [0.2, 0.25) is 0 Å². The van der Waals surface area contributed by atoms with Crippen molar-refractivity contribution in [2.75, 3.05) is 13.1 Å². The Hall–Kier alpha value is -1.55. The molecule has 1 aromatic carbocycles. The van der Waals surface area contributed by atoms with Gasteiger partial charge in [-0.05, 0) is 13.8 Å².